The quantitative estimate of drug-likeness (QED) is 0.781. The number of nitrogens with one attached hydrogen (secondary N) is 1. The molecule has 1 aromatic rings. The molecule has 5 nitrogen and oxygen atoms in total. The number of sulfonamides is 1. The van der Waals surface area contributed by atoms with E-state index in [0.717, 1.165) is 25.2 Å². The van der Waals surface area contributed by atoms with Crippen LogP contribution >= 0.6 is 0 Å². The van der Waals surface area contributed by atoms with Crippen molar-refractivity contribution >= 4 is 10.0 Å². The first-order valence-corrected chi connectivity index (χ1v) is 7.94. The second-order valence-corrected chi connectivity index (χ2v) is 6.25. The summed E-state index contributed by atoms with van der Waals surface area (Å²) in [5, 5.41) is 8.46. The van der Waals surface area contributed by atoms with E-state index in [1.165, 1.54) is 0 Å². The lowest BCUT2D eigenvalue weighted by Gasteiger charge is -2.18. The minimum absolute atomic E-state index is 0.147. The molecule has 0 heterocycles. The third kappa shape index (κ3) is 5.28. The molecule has 3 N–H and O–H groups in total. The van der Waals surface area contributed by atoms with Crippen LogP contribution in [-0.2, 0) is 10.0 Å². The van der Waals surface area contributed by atoms with Crippen LogP contribution in [0.3, 0.4) is 0 Å². The average Bonchev–Trinajstić information content (AvgIpc) is 2.37. The van der Waals surface area contributed by atoms with Crippen molar-refractivity contribution in [1.82, 2.24) is 10.2 Å². The van der Waals surface area contributed by atoms with Gasteiger partial charge >= 0.3 is 0 Å². The summed E-state index contributed by atoms with van der Waals surface area (Å²) < 4.78 is 22.3. The summed E-state index contributed by atoms with van der Waals surface area (Å²) in [4.78, 5) is 2.37. The molecule has 0 spiro atoms. The first-order chi connectivity index (χ1) is 8.84. The monoisotopic (exact) mass is 285 g/mol. The number of nitrogens with two attached hydrogens (primary N) is 1. The van der Waals surface area contributed by atoms with Gasteiger partial charge in [-0.25, -0.2) is 13.6 Å². The van der Waals surface area contributed by atoms with Crippen LogP contribution < -0.4 is 10.5 Å². The summed E-state index contributed by atoms with van der Waals surface area (Å²) in [7, 11) is -1.53. The minimum atomic E-state index is -3.60. The summed E-state index contributed by atoms with van der Waals surface area (Å²) in [5.74, 6) is 0. The van der Waals surface area contributed by atoms with Gasteiger partial charge in [0.05, 0.1) is 4.90 Å². The van der Waals surface area contributed by atoms with E-state index in [2.05, 4.69) is 31.1 Å². The maximum atomic E-state index is 11.2. The smallest absolute Gasteiger partial charge is 0.238 e. The van der Waals surface area contributed by atoms with Crippen LogP contribution in [-0.4, -0.2) is 40.0 Å². The van der Waals surface area contributed by atoms with Gasteiger partial charge in [0.15, 0.2) is 0 Å². The number of likely N-dealkylation sites (N-methyl/N-ethyl adjacent to an activating group) is 1. The molecule has 1 unspecified atom stereocenters. The number of nitrogens with zero attached hydrogens (tertiary/aromatic N) is 1. The van der Waals surface area contributed by atoms with Gasteiger partial charge in [-0.3, -0.25) is 0 Å². The van der Waals surface area contributed by atoms with Crippen molar-refractivity contribution in [2.24, 2.45) is 5.14 Å². The largest absolute Gasteiger partial charge is 0.309 e. The second kappa shape index (κ2) is 7.00. The second-order valence-electron chi connectivity index (χ2n) is 4.69. The molecule has 0 aliphatic rings. The highest BCUT2D eigenvalue weighted by molar-refractivity contribution is 7.89. The Balaban J connectivity index is 2.56. The van der Waals surface area contributed by atoms with E-state index in [1.54, 1.807) is 24.3 Å². The topological polar surface area (TPSA) is 75.4 Å². The zero-order valence-corrected chi connectivity index (χ0v) is 12.6. The number of rotatable bonds is 7. The Morgan fingerprint density at radius 2 is 1.89 bits per heavy atom. The zero-order valence-electron chi connectivity index (χ0n) is 11.8. The van der Waals surface area contributed by atoms with Crippen LogP contribution in [0, 0.1) is 0 Å². The number of benzene rings is 1. The Kier molecular flexibility index (Phi) is 5.93. The normalized spacial score (nSPS) is 13.7. The van der Waals surface area contributed by atoms with Crippen LogP contribution in [0.2, 0.25) is 0 Å². The predicted molar refractivity (Wildman–Crippen MR) is 77.4 cm³/mol. The zero-order chi connectivity index (χ0) is 14.5. The van der Waals surface area contributed by atoms with Crippen molar-refractivity contribution in [3.8, 4) is 0 Å². The lowest BCUT2D eigenvalue weighted by molar-refractivity contribution is 0.342. The van der Waals surface area contributed by atoms with Gasteiger partial charge in [0.2, 0.25) is 10.0 Å². The molecule has 0 saturated carbocycles. The fourth-order valence-electron chi connectivity index (χ4n) is 1.69. The molecule has 0 aliphatic heterocycles. The molecule has 1 atom stereocenters. The molecule has 0 bridgehead atoms. The Hall–Kier alpha value is -0.950. The molecule has 6 heteroatoms. The van der Waals surface area contributed by atoms with E-state index in [-0.39, 0.29) is 10.9 Å². The molecular weight excluding hydrogens is 262 g/mol. The van der Waals surface area contributed by atoms with Crippen LogP contribution in [0.25, 0.3) is 0 Å². The molecule has 0 saturated heterocycles. The van der Waals surface area contributed by atoms with Crippen molar-refractivity contribution < 1.29 is 8.42 Å². The van der Waals surface area contributed by atoms with Crippen LogP contribution in [0.1, 0.15) is 25.5 Å². The van der Waals surface area contributed by atoms with Gasteiger partial charge in [-0.05, 0) is 38.2 Å². The first-order valence-electron chi connectivity index (χ1n) is 6.39. The standard InChI is InChI=1S/C13H23N3O2S/c1-4-16(3)10-9-15-11(2)12-5-7-13(8-6-12)19(14,17)18/h5-8,11,15H,4,9-10H2,1-3H3,(H2,14,17,18). The van der Waals surface area contributed by atoms with Gasteiger partial charge in [0.1, 0.15) is 0 Å². The van der Waals surface area contributed by atoms with Crippen molar-refractivity contribution in [2.45, 2.75) is 24.8 Å². The van der Waals surface area contributed by atoms with Gasteiger partial charge < -0.3 is 10.2 Å². The Morgan fingerprint density at radius 3 is 2.37 bits per heavy atom. The molecule has 1 rings (SSSR count). The van der Waals surface area contributed by atoms with E-state index < -0.39 is 10.0 Å². The molecule has 0 fully saturated rings. The highest BCUT2D eigenvalue weighted by Gasteiger charge is 2.09. The highest BCUT2D eigenvalue weighted by Crippen LogP contribution is 2.15. The molecule has 0 radical (unpaired) electrons. The van der Waals surface area contributed by atoms with Crippen molar-refractivity contribution in [3.05, 3.63) is 29.8 Å². The maximum Gasteiger partial charge on any atom is 0.238 e. The van der Waals surface area contributed by atoms with Crippen LogP contribution in [0.4, 0.5) is 0 Å². The van der Waals surface area contributed by atoms with Gasteiger partial charge in [-0.15, -0.1) is 0 Å². The van der Waals surface area contributed by atoms with E-state index in [0.29, 0.717) is 0 Å². The van der Waals surface area contributed by atoms with Gasteiger partial charge in [-0.2, -0.15) is 0 Å². The number of hydrogen-bond donors (Lipinski definition) is 2. The maximum absolute atomic E-state index is 11.2. The minimum Gasteiger partial charge on any atom is -0.309 e. The van der Waals surface area contributed by atoms with E-state index >= 15 is 0 Å². The van der Waals surface area contributed by atoms with Gasteiger partial charge in [-0.1, -0.05) is 19.1 Å². The summed E-state index contributed by atoms with van der Waals surface area (Å²) in [6, 6.07) is 6.85. The third-order valence-electron chi connectivity index (χ3n) is 3.19. The predicted octanol–water partition coefficient (Wildman–Crippen LogP) is 0.936. The number of hydrogen-bond acceptors (Lipinski definition) is 4. The molecule has 0 aromatic heterocycles. The fraction of sp³-hybridized carbons (Fsp3) is 0.538. The van der Waals surface area contributed by atoms with Crippen molar-refractivity contribution in [2.75, 3.05) is 26.7 Å². The average molecular weight is 285 g/mol. The number of primary sulfonamides is 1. The summed E-state index contributed by atoms with van der Waals surface area (Å²) >= 11 is 0. The summed E-state index contributed by atoms with van der Waals surface area (Å²) in [5.41, 5.74) is 1.05. The molecule has 0 amide bonds. The summed E-state index contributed by atoms with van der Waals surface area (Å²) in [6.45, 7) is 7.07. The van der Waals surface area contributed by atoms with E-state index in [9.17, 15) is 8.42 Å². The Morgan fingerprint density at radius 1 is 1.32 bits per heavy atom. The Labute approximate surface area is 115 Å². The molecule has 1 aromatic carbocycles. The highest BCUT2D eigenvalue weighted by atomic mass is 32.2. The molecule has 0 aliphatic carbocycles. The molecule has 108 valence electrons. The lowest BCUT2D eigenvalue weighted by atomic mass is 10.1. The van der Waals surface area contributed by atoms with Gasteiger partial charge in [0, 0.05) is 19.1 Å². The van der Waals surface area contributed by atoms with Crippen LogP contribution in [0.15, 0.2) is 29.2 Å². The van der Waals surface area contributed by atoms with Crippen molar-refractivity contribution in [3.63, 3.8) is 0 Å². The van der Waals surface area contributed by atoms with Crippen LogP contribution in [0.5, 0.6) is 0 Å². The molecule has 19 heavy (non-hydrogen) atoms. The SMILES string of the molecule is CCN(C)CCNC(C)c1ccc(S(N)(=O)=O)cc1. The van der Waals surface area contributed by atoms with E-state index in [4.69, 9.17) is 5.14 Å². The third-order valence-corrected chi connectivity index (χ3v) is 4.12. The van der Waals surface area contributed by atoms with Gasteiger partial charge in [0.25, 0.3) is 0 Å². The first kappa shape index (κ1) is 16.1. The lowest BCUT2D eigenvalue weighted by Crippen LogP contribution is -2.30. The van der Waals surface area contributed by atoms with E-state index in [1.807, 2.05) is 0 Å². The summed E-state index contributed by atoms with van der Waals surface area (Å²) in [6.07, 6.45) is 0. The fourth-order valence-corrected chi connectivity index (χ4v) is 2.21. The molecular formula is C13H23N3O2S. The van der Waals surface area contributed by atoms with Crippen molar-refractivity contribution in [1.29, 1.82) is 0 Å². The Bertz CT molecular complexity index is 485.